The predicted molar refractivity (Wildman–Crippen MR) is 96.3 cm³/mol. The molecule has 2 aromatic carbocycles. The Morgan fingerprint density at radius 3 is 3.04 bits per heavy atom. The van der Waals surface area contributed by atoms with E-state index in [1.807, 2.05) is 36.4 Å². The van der Waals surface area contributed by atoms with Crippen molar-refractivity contribution < 1.29 is 9.18 Å². The summed E-state index contributed by atoms with van der Waals surface area (Å²) in [4.78, 5) is 23.8. The molecule has 1 amide bonds. The summed E-state index contributed by atoms with van der Waals surface area (Å²) in [5.74, 6) is -0.798. The van der Waals surface area contributed by atoms with Gasteiger partial charge in [0.1, 0.15) is 6.17 Å². The van der Waals surface area contributed by atoms with Crippen LogP contribution in [0.15, 0.2) is 42.7 Å². The third-order valence-corrected chi connectivity index (χ3v) is 5.36. The first kappa shape index (κ1) is 14.5. The average Bonchev–Trinajstić information content (AvgIpc) is 3.01. The van der Waals surface area contributed by atoms with Gasteiger partial charge in [0.25, 0.3) is 0 Å². The number of halogens is 1. The molecule has 0 bridgehead atoms. The Kier molecular flexibility index (Phi) is 3.11. The summed E-state index contributed by atoms with van der Waals surface area (Å²) < 4.78 is 14.0. The van der Waals surface area contributed by atoms with Crippen LogP contribution in [0.25, 0.3) is 32.4 Å². The van der Waals surface area contributed by atoms with Gasteiger partial charge in [-0.05, 0) is 30.2 Å². The maximum absolute atomic E-state index is 13.0. The zero-order valence-electron chi connectivity index (χ0n) is 13.0. The lowest BCUT2D eigenvalue weighted by Crippen LogP contribution is -2.14. The third-order valence-electron chi connectivity index (χ3n) is 4.43. The van der Waals surface area contributed by atoms with E-state index in [2.05, 4.69) is 20.3 Å². The maximum atomic E-state index is 13.0. The monoisotopic (exact) mass is 352 g/mol. The number of aromatic amines is 1. The molecule has 1 aliphatic carbocycles. The van der Waals surface area contributed by atoms with Gasteiger partial charge < -0.3 is 10.3 Å². The summed E-state index contributed by atoms with van der Waals surface area (Å²) in [5.41, 5.74) is 4.80. The molecule has 0 radical (unpaired) electrons. The number of nitrogens with one attached hydrogen (secondary N) is 2. The molecule has 2 heterocycles. The molecule has 0 saturated heterocycles. The van der Waals surface area contributed by atoms with Crippen molar-refractivity contribution in [3.05, 3.63) is 42.7 Å². The molecule has 5 nitrogen and oxygen atoms in total. The molecule has 2 atom stereocenters. The van der Waals surface area contributed by atoms with Crippen molar-refractivity contribution in [1.29, 1.82) is 0 Å². The lowest BCUT2D eigenvalue weighted by molar-refractivity contribution is -0.117. The topological polar surface area (TPSA) is 70.7 Å². The molecule has 1 fully saturated rings. The number of carbonyl (C=O) groups is 1. The number of rotatable bonds is 3. The highest BCUT2D eigenvalue weighted by Gasteiger charge is 2.43. The van der Waals surface area contributed by atoms with Crippen LogP contribution < -0.4 is 5.32 Å². The fourth-order valence-electron chi connectivity index (χ4n) is 2.98. The van der Waals surface area contributed by atoms with E-state index in [-0.39, 0.29) is 5.91 Å². The van der Waals surface area contributed by atoms with Crippen LogP contribution in [0.1, 0.15) is 6.42 Å². The molecule has 124 valence electrons. The minimum absolute atomic E-state index is 0.284. The second kappa shape index (κ2) is 5.35. The number of nitrogens with zero attached hydrogens (tertiary/aromatic N) is 2. The van der Waals surface area contributed by atoms with Gasteiger partial charge in [-0.3, -0.25) is 4.79 Å². The Morgan fingerprint density at radius 1 is 1.32 bits per heavy atom. The molecule has 25 heavy (non-hydrogen) atoms. The lowest BCUT2D eigenvalue weighted by Gasteiger charge is -2.02. The van der Waals surface area contributed by atoms with Crippen molar-refractivity contribution >= 4 is 43.6 Å². The Bertz CT molecular complexity index is 1120. The molecule has 4 aromatic rings. The number of anilines is 1. The van der Waals surface area contributed by atoms with E-state index in [1.54, 1.807) is 6.33 Å². The Balaban J connectivity index is 1.51. The number of hydrogen-bond donors (Lipinski definition) is 2. The second-order valence-electron chi connectivity index (χ2n) is 6.15. The normalized spacial score (nSPS) is 19.4. The van der Waals surface area contributed by atoms with Crippen LogP contribution >= 0.6 is 11.3 Å². The number of fused-ring (bicyclic) bond motifs is 2. The van der Waals surface area contributed by atoms with Crippen molar-refractivity contribution in [1.82, 2.24) is 15.0 Å². The lowest BCUT2D eigenvalue weighted by atomic mass is 10.0. The molecule has 2 unspecified atom stereocenters. The van der Waals surface area contributed by atoms with E-state index in [0.717, 1.165) is 32.4 Å². The summed E-state index contributed by atoms with van der Waals surface area (Å²) in [5, 5.41) is 3.23. The Morgan fingerprint density at radius 2 is 2.20 bits per heavy atom. The van der Waals surface area contributed by atoms with E-state index >= 15 is 0 Å². The van der Waals surface area contributed by atoms with E-state index in [1.165, 1.54) is 11.3 Å². The molecule has 2 aromatic heterocycles. The van der Waals surface area contributed by atoms with E-state index in [0.29, 0.717) is 11.6 Å². The fraction of sp³-hybridized carbons (Fsp3) is 0.167. The van der Waals surface area contributed by atoms with Gasteiger partial charge in [0.2, 0.25) is 5.91 Å². The van der Waals surface area contributed by atoms with Gasteiger partial charge >= 0.3 is 0 Å². The van der Waals surface area contributed by atoms with Gasteiger partial charge in [-0.2, -0.15) is 0 Å². The number of benzene rings is 2. The summed E-state index contributed by atoms with van der Waals surface area (Å²) in [6.07, 6.45) is 0.993. The SMILES string of the molecule is O=C(Nc1nc2ccc(-c3cccc4[nH]cnc34)cc2s1)C1CC1F. The highest BCUT2D eigenvalue weighted by molar-refractivity contribution is 7.22. The quantitative estimate of drug-likeness (QED) is 0.582. The molecule has 1 aliphatic rings. The molecule has 2 N–H and O–H groups in total. The molecule has 7 heteroatoms. The molecule has 0 aliphatic heterocycles. The van der Waals surface area contributed by atoms with Crippen LogP contribution in [0.3, 0.4) is 0 Å². The number of imidazole rings is 1. The first-order valence-corrected chi connectivity index (χ1v) is 8.79. The zero-order chi connectivity index (χ0) is 17.0. The number of para-hydroxylation sites is 1. The van der Waals surface area contributed by atoms with Crippen LogP contribution in [-0.2, 0) is 4.79 Å². The van der Waals surface area contributed by atoms with Gasteiger partial charge in [-0.15, -0.1) is 0 Å². The molecule has 1 saturated carbocycles. The molecule has 0 spiro atoms. The number of H-pyrrole nitrogens is 1. The number of hydrogen-bond acceptors (Lipinski definition) is 4. The van der Waals surface area contributed by atoms with Crippen molar-refractivity contribution in [3.8, 4) is 11.1 Å². The molecular weight excluding hydrogens is 339 g/mol. The van der Waals surface area contributed by atoms with Gasteiger partial charge in [0.05, 0.1) is 33.5 Å². The summed E-state index contributed by atoms with van der Waals surface area (Å²) in [6, 6.07) is 12.0. The Labute approximate surface area is 145 Å². The standard InChI is InChI=1S/C18H13FN4OS/c19-12-7-11(12)17(24)23-18-22-13-5-4-9(6-15(13)25-18)10-2-1-3-14-16(10)21-8-20-14/h1-6,8,11-12H,7H2,(H,20,21)(H,22,23,24). The third kappa shape index (κ3) is 2.47. The Hall–Kier alpha value is -2.80. The fourth-order valence-corrected chi connectivity index (χ4v) is 3.89. The predicted octanol–water partition coefficient (Wildman–Crippen LogP) is 4.14. The zero-order valence-corrected chi connectivity index (χ0v) is 13.8. The van der Waals surface area contributed by atoms with Gasteiger partial charge in [-0.1, -0.05) is 29.5 Å². The largest absolute Gasteiger partial charge is 0.345 e. The summed E-state index contributed by atoms with van der Waals surface area (Å²) in [7, 11) is 0. The highest BCUT2D eigenvalue weighted by Crippen LogP contribution is 2.36. The minimum Gasteiger partial charge on any atom is -0.345 e. The first-order valence-electron chi connectivity index (χ1n) is 7.97. The maximum Gasteiger partial charge on any atom is 0.232 e. The summed E-state index contributed by atoms with van der Waals surface area (Å²) in [6.45, 7) is 0. The van der Waals surface area contributed by atoms with Crippen LogP contribution in [0.5, 0.6) is 0 Å². The summed E-state index contributed by atoms with van der Waals surface area (Å²) >= 11 is 1.39. The van der Waals surface area contributed by atoms with Crippen molar-refractivity contribution in [2.45, 2.75) is 12.6 Å². The van der Waals surface area contributed by atoms with Crippen LogP contribution in [-0.4, -0.2) is 27.0 Å². The number of amides is 1. The first-order chi connectivity index (χ1) is 12.2. The van der Waals surface area contributed by atoms with Crippen LogP contribution in [0, 0.1) is 5.92 Å². The van der Waals surface area contributed by atoms with E-state index < -0.39 is 12.1 Å². The van der Waals surface area contributed by atoms with Crippen molar-refractivity contribution in [3.63, 3.8) is 0 Å². The van der Waals surface area contributed by atoms with Gasteiger partial charge in [0, 0.05) is 5.56 Å². The van der Waals surface area contributed by atoms with E-state index in [4.69, 9.17) is 0 Å². The van der Waals surface area contributed by atoms with Crippen LogP contribution in [0.2, 0.25) is 0 Å². The van der Waals surface area contributed by atoms with Crippen molar-refractivity contribution in [2.24, 2.45) is 5.92 Å². The van der Waals surface area contributed by atoms with Crippen LogP contribution in [0.4, 0.5) is 9.52 Å². The molecule has 5 rings (SSSR count). The minimum atomic E-state index is -1.00. The van der Waals surface area contributed by atoms with Gasteiger partial charge in [0.15, 0.2) is 5.13 Å². The van der Waals surface area contributed by atoms with Crippen molar-refractivity contribution in [2.75, 3.05) is 5.32 Å². The average molecular weight is 352 g/mol. The number of alkyl halides is 1. The second-order valence-corrected chi connectivity index (χ2v) is 7.18. The smallest absolute Gasteiger partial charge is 0.232 e. The molecular formula is C18H13FN4OS. The van der Waals surface area contributed by atoms with Gasteiger partial charge in [-0.25, -0.2) is 14.4 Å². The number of thiazole rings is 1. The number of aromatic nitrogens is 3. The van der Waals surface area contributed by atoms with E-state index in [9.17, 15) is 9.18 Å². The highest BCUT2D eigenvalue weighted by atomic mass is 32.1. The number of carbonyl (C=O) groups excluding carboxylic acids is 1.